The van der Waals surface area contributed by atoms with Gasteiger partial charge < -0.3 is 21.1 Å². The fourth-order valence-corrected chi connectivity index (χ4v) is 4.06. The minimum atomic E-state index is -0.115. The van der Waals surface area contributed by atoms with Crippen LogP contribution in [0.25, 0.3) is 22.2 Å². The molecule has 0 fully saturated rings. The van der Waals surface area contributed by atoms with Crippen molar-refractivity contribution >= 4 is 28.4 Å². The minimum Gasteiger partial charge on any atom is -0.396 e. The zero-order chi connectivity index (χ0) is 25.3. The summed E-state index contributed by atoms with van der Waals surface area (Å²) in [5.74, 6) is 1.62. The first kappa shape index (κ1) is 25.0. The smallest absolute Gasteiger partial charge is 0.251 e. The molecule has 0 radical (unpaired) electrons. The fourth-order valence-electron chi connectivity index (χ4n) is 4.06. The zero-order valence-electron chi connectivity index (χ0n) is 20.5. The lowest BCUT2D eigenvalue weighted by atomic mass is 9.94. The summed E-state index contributed by atoms with van der Waals surface area (Å²) in [4.78, 5) is 30.0. The van der Waals surface area contributed by atoms with Gasteiger partial charge in [0, 0.05) is 56.2 Å². The van der Waals surface area contributed by atoms with Gasteiger partial charge in [-0.1, -0.05) is 25.1 Å². The van der Waals surface area contributed by atoms with E-state index in [4.69, 9.17) is 5.11 Å². The first-order valence-corrected chi connectivity index (χ1v) is 12.1. The highest BCUT2D eigenvalue weighted by molar-refractivity contribution is 6.06. The topological polar surface area (TPSA) is 125 Å². The number of nitrogens with zero attached hydrogens (tertiary/aromatic N) is 4. The number of nitrogens with one attached hydrogen (secondary N) is 3. The quantitative estimate of drug-likeness (QED) is 0.236. The number of amides is 1. The monoisotopic (exact) mass is 485 g/mol. The molecule has 36 heavy (non-hydrogen) atoms. The standard InChI is InChI=1S/C27H31N7O2/c1-18(20-5-3-6-21-22(27(36)28-2)10-13-31-26(20)21)9-12-30-25-15-23(33-17-34-25)19-7-8-24(32-16-19)29-11-4-14-35/h3,5-8,10,13,15-18,35H,4,9,11-12,14H2,1-2H3,(H,28,36)(H,29,32)(H,30,33,34). The van der Waals surface area contributed by atoms with Crippen LogP contribution in [0.1, 0.15) is 41.6 Å². The molecular formula is C27H31N7O2. The molecule has 3 heterocycles. The highest BCUT2D eigenvalue weighted by atomic mass is 16.3. The summed E-state index contributed by atoms with van der Waals surface area (Å²) in [5, 5.41) is 19.0. The average molecular weight is 486 g/mol. The third-order valence-electron chi connectivity index (χ3n) is 6.06. The Labute approximate surface area is 210 Å². The Morgan fingerprint density at radius 2 is 1.86 bits per heavy atom. The second kappa shape index (κ2) is 12.0. The first-order valence-electron chi connectivity index (χ1n) is 12.1. The van der Waals surface area contributed by atoms with Gasteiger partial charge in [0.05, 0.1) is 16.8 Å². The van der Waals surface area contributed by atoms with Crippen LogP contribution >= 0.6 is 0 Å². The molecule has 1 amide bonds. The molecule has 0 saturated carbocycles. The fraction of sp³-hybridized carbons (Fsp3) is 0.296. The van der Waals surface area contributed by atoms with Crippen LogP contribution in [0.4, 0.5) is 11.6 Å². The van der Waals surface area contributed by atoms with E-state index in [9.17, 15) is 4.79 Å². The molecule has 0 aliphatic heterocycles. The van der Waals surface area contributed by atoms with Gasteiger partial charge in [0.1, 0.15) is 18.0 Å². The molecule has 4 aromatic rings. The van der Waals surface area contributed by atoms with E-state index in [1.165, 1.54) is 0 Å². The number of aliphatic hydroxyl groups is 1. The summed E-state index contributed by atoms with van der Waals surface area (Å²) in [6.45, 7) is 3.71. The normalized spacial score (nSPS) is 11.8. The summed E-state index contributed by atoms with van der Waals surface area (Å²) in [5.41, 5.74) is 4.29. The molecule has 1 atom stereocenters. The molecular weight excluding hydrogens is 454 g/mol. The third-order valence-corrected chi connectivity index (χ3v) is 6.06. The van der Waals surface area contributed by atoms with Crippen molar-refractivity contribution in [3.05, 3.63) is 72.3 Å². The van der Waals surface area contributed by atoms with Gasteiger partial charge >= 0.3 is 0 Å². The van der Waals surface area contributed by atoms with E-state index in [1.807, 2.05) is 30.3 Å². The Balaban J connectivity index is 1.40. The summed E-state index contributed by atoms with van der Waals surface area (Å²) < 4.78 is 0. The molecule has 1 aromatic carbocycles. The molecule has 0 aliphatic carbocycles. The van der Waals surface area contributed by atoms with E-state index in [1.54, 1.807) is 31.8 Å². The van der Waals surface area contributed by atoms with Crippen LogP contribution in [0.2, 0.25) is 0 Å². The van der Waals surface area contributed by atoms with Crippen LogP contribution < -0.4 is 16.0 Å². The molecule has 0 aliphatic rings. The van der Waals surface area contributed by atoms with Crippen molar-refractivity contribution in [1.82, 2.24) is 25.3 Å². The third kappa shape index (κ3) is 5.92. The van der Waals surface area contributed by atoms with Crippen molar-refractivity contribution < 1.29 is 9.90 Å². The van der Waals surface area contributed by atoms with E-state index in [0.29, 0.717) is 18.5 Å². The molecule has 3 aromatic heterocycles. The number of aliphatic hydroxyl groups excluding tert-OH is 1. The number of carbonyl (C=O) groups excluding carboxylic acids is 1. The zero-order valence-corrected chi connectivity index (χ0v) is 20.5. The van der Waals surface area contributed by atoms with Gasteiger partial charge in [-0.25, -0.2) is 15.0 Å². The van der Waals surface area contributed by atoms with Crippen LogP contribution in [0.5, 0.6) is 0 Å². The number of pyridine rings is 2. The van der Waals surface area contributed by atoms with Crippen LogP contribution in [-0.4, -0.2) is 57.7 Å². The van der Waals surface area contributed by atoms with Gasteiger partial charge in [0.25, 0.3) is 5.91 Å². The first-order chi connectivity index (χ1) is 17.6. The molecule has 9 heteroatoms. The summed E-state index contributed by atoms with van der Waals surface area (Å²) in [6.07, 6.45) is 6.55. The number of fused-ring (bicyclic) bond motifs is 1. The number of hydrogen-bond donors (Lipinski definition) is 4. The Bertz CT molecular complexity index is 1310. The van der Waals surface area contributed by atoms with Crippen LogP contribution in [0.15, 0.2) is 61.2 Å². The number of hydrogen-bond acceptors (Lipinski definition) is 8. The van der Waals surface area contributed by atoms with Crippen LogP contribution in [0, 0.1) is 0 Å². The second-order valence-corrected chi connectivity index (χ2v) is 8.52. The maximum atomic E-state index is 12.3. The Hall–Kier alpha value is -4.11. The summed E-state index contributed by atoms with van der Waals surface area (Å²) >= 11 is 0. The Morgan fingerprint density at radius 1 is 1.00 bits per heavy atom. The molecule has 0 bridgehead atoms. The van der Waals surface area contributed by atoms with Gasteiger partial charge in [0.15, 0.2) is 0 Å². The van der Waals surface area contributed by atoms with E-state index in [-0.39, 0.29) is 18.4 Å². The maximum Gasteiger partial charge on any atom is 0.251 e. The average Bonchev–Trinajstić information content (AvgIpc) is 2.92. The summed E-state index contributed by atoms with van der Waals surface area (Å²) in [6, 6.07) is 13.5. The predicted molar refractivity (Wildman–Crippen MR) is 142 cm³/mol. The van der Waals surface area contributed by atoms with Crippen LogP contribution in [0.3, 0.4) is 0 Å². The number of anilines is 2. The van der Waals surface area contributed by atoms with Gasteiger partial charge in [-0.05, 0) is 42.5 Å². The van der Waals surface area contributed by atoms with Crippen molar-refractivity contribution in [2.45, 2.75) is 25.7 Å². The SMILES string of the molecule is CNC(=O)c1ccnc2c(C(C)CCNc3cc(-c4ccc(NCCCO)nc4)ncn3)cccc12. The predicted octanol–water partition coefficient (Wildman–Crippen LogP) is 3.85. The number of para-hydroxylation sites is 1. The van der Waals surface area contributed by atoms with E-state index >= 15 is 0 Å². The van der Waals surface area contributed by atoms with Crippen molar-refractivity contribution in [3.8, 4) is 11.3 Å². The lowest BCUT2D eigenvalue weighted by molar-refractivity contribution is 0.0964. The van der Waals surface area contributed by atoms with Gasteiger partial charge in [-0.3, -0.25) is 9.78 Å². The molecule has 1 unspecified atom stereocenters. The van der Waals surface area contributed by atoms with E-state index in [0.717, 1.165) is 52.3 Å². The lowest BCUT2D eigenvalue weighted by Crippen LogP contribution is -2.18. The van der Waals surface area contributed by atoms with Crippen molar-refractivity contribution in [2.24, 2.45) is 0 Å². The Morgan fingerprint density at radius 3 is 2.64 bits per heavy atom. The molecule has 4 rings (SSSR count). The summed E-state index contributed by atoms with van der Waals surface area (Å²) in [7, 11) is 1.63. The lowest BCUT2D eigenvalue weighted by Gasteiger charge is -2.16. The maximum absolute atomic E-state index is 12.3. The number of carbonyl (C=O) groups is 1. The van der Waals surface area contributed by atoms with Crippen molar-refractivity contribution in [3.63, 3.8) is 0 Å². The largest absolute Gasteiger partial charge is 0.396 e. The van der Waals surface area contributed by atoms with E-state index in [2.05, 4.69) is 48.9 Å². The molecule has 186 valence electrons. The molecule has 0 spiro atoms. The highest BCUT2D eigenvalue weighted by Crippen LogP contribution is 2.28. The molecule has 9 nitrogen and oxygen atoms in total. The minimum absolute atomic E-state index is 0.115. The number of benzene rings is 1. The number of aromatic nitrogens is 4. The Kier molecular flexibility index (Phi) is 8.36. The molecule has 0 saturated heterocycles. The van der Waals surface area contributed by atoms with Crippen molar-refractivity contribution in [1.29, 1.82) is 0 Å². The van der Waals surface area contributed by atoms with E-state index < -0.39 is 0 Å². The van der Waals surface area contributed by atoms with Crippen LogP contribution in [-0.2, 0) is 0 Å². The van der Waals surface area contributed by atoms with Gasteiger partial charge in [-0.15, -0.1) is 0 Å². The van der Waals surface area contributed by atoms with Gasteiger partial charge in [-0.2, -0.15) is 0 Å². The molecule has 4 N–H and O–H groups in total. The van der Waals surface area contributed by atoms with Gasteiger partial charge in [0.2, 0.25) is 0 Å². The highest BCUT2D eigenvalue weighted by Gasteiger charge is 2.15. The second-order valence-electron chi connectivity index (χ2n) is 8.52. The van der Waals surface area contributed by atoms with Crippen molar-refractivity contribution in [2.75, 3.05) is 37.4 Å². The number of rotatable bonds is 11.